The van der Waals surface area contributed by atoms with Gasteiger partial charge in [-0.05, 0) is 43.2 Å². The van der Waals surface area contributed by atoms with Gasteiger partial charge < -0.3 is 24.3 Å². The van der Waals surface area contributed by atoms with E-state index in [0.29, 0.717) is 24.2 Å². The number of aliphatic hydroxyl groups is 1. The van der Waals surface area contributed by atoms with Gasteiger partial charge in [0.1, 0.15) is 17.9 Å². The number of carbonyl (C=O) groups excluding carboxylic acids is 1. The van der Waals surface area contributed by atoms with Crippen LogP contribution < -0.4 is 5.32 Å². The molecule has 36 heavy (non-hydrogen) atoms. The van der Waals surface area contributed by atoms with Crippen LogP contribution in [0, 0.1) is 5.92 Å². The molecular formula is C25H33ClN6O4. The lowest BCUT2D eigenvalue weighted by atomic mass is 9.95. The molecule has 194 valence electrons. The second kappa shape index (κ2) is 11.3. The molecule has 4 unspecified atom stereocenters. The number of aromatic nitrogens is 3. The molecule has 0 bridgehead atoms. The summed E-state index contributed by atoms with van der Waals surface area (Å²) in [4.78, 5) is 20.8. The molecule has 10 nitrogen and oxygen atoms in total. The molecule has 11 heteroatoms. The second-order valence-corrected chi connectivity index (χ2v) is 10.2. The zero-order valence-electron chi connectivity index (χ0n) is 20.4. The summed E-state index contributed by atoms with van der Waals surface area (Å²) in [6.07, 6.45) is 2.55. The molecule has 3 aromatic rings. The van der Waals surface area contributed by atoms with Gasteiger partial charge in [-0.15, -0.1) is 0 Å². The molecule has 0 aliphatic carbocycles. The van der Waals surface area contributed by atoms with E-state index in [9.17, 15) is 9.90 Å². The standard InChI is InChI=1S/C25H33ClN6O4/c1-17(33)27-23(34)15-30-8-10-31(11-9-30)16-24-28-25(29-36-24)21-12-18(13-22(26)35-21)14-32-7-6-19-4-2-3-5-20(19)32/h2-7,17-18,21-22,33H,8-16H2,1H3,(H,27,34). The number of piperazine rings is 1. The number of hydrogen-bond donors (Lipinski definition) is 2. The summed E-state index contributed by atoms with van der Waals surface area (Å²) >= 11 is 6.48. The molecule has 2 saturated heterocycles. The van der Waals surface area contributed by atoms with Crippen LogP contribution in [0.2, 0.25) is 0 Å². The Balaban J connectivity index is 1.14. The minimum Gasteiger partial charge on any atom is -0.374 e. The first-order valence-corrected chi connectivity index (χ1v) is 12.9. The van der Waals surface area contributed by atoms with E-state index >= 15 is 0 Å². The van der Waals surface area contributed by atoms with Crippen LogP contribution in [0.25, 0.3) is 10.9 Å². The number of aliphatic hydroxyl groups excluding tert-OH is 1. The Morgan fingerprint density at radius 2 is 1.97 bits per heavy atom. The van der Waals surface area contributed by atoms with Gasteiger partial charge in [-0.2, -0.15) is 4.98 Å². The van der Waals surface area contributed by atoms with E-state index in [4.69, 9.17) is 20.9 Å². The highest BCUT2D eigenvalue weighted by atomic mass is 35.5. The summed E-state index contributed by atoms with van der Waals surface area (Å²) in [5, 5.41) is 17.2. The number of rotatable bonds is 8. The predicted octanol–water partition coefficient (Wildman–Crippen LogP) is 2.33. The van der Waals surface area contributed by atoms with Gasteiger partial charge in [0.25, 0.3) is 0 Å². The fourth-order valence-electron chi connectivity index (χ4n) is 5.09. The SMILES string of the molecule is CC(O)NC(=O)CN1CCN(Cc2nc(C3CC(Cn4ccc5ccccc54)CC(Cl)O3)no2)CC1. The summed E-state index contributed by atoms with van der Waals surface area (Å²) in [7, 11) is 0. The summed E-state index contributed by atoms with van der Waals surface area (Å²) < 4.78 is 13.8. The van der Waals surface area contributed by atoms with Gasteiger partial charge in [0.15, 0.2) is 0 Å². The number of nitrogens with zero attached hydrogens (tertiary/aromatic N) is 5. The van der Waals surface area contributed by atoms with E-state index in [1.165, 1.54) is 17.8 Å². The number of fused-ring (bicyclic) bond motifs is 1. The van der Waals surface area contributed by atoms with Crippen LogP contribution in [0.3, 0.4) is 0 Å². The van der Waals surface area contributed by atoms with Gasteiger partial charge in [-0.3, -0.25) is 14.6 Å². The van der Waals surface area contributed by atoms with Crippen LogP contribution in [-0.4, -0.2) is 80.0 Å². The van der Waals surface area contributed by atoms with Gasteiger partial charge >= 0.3 is 0 Å². The van der Waals surface area contributed by atoms with Gasteiger partial charge in [-0.1, -0.05) is 35.0 Å². The van der Waals surface area contributed by atoms with Crippen LogP contribution in [0.15, 0.2) is 41.1 Å². The zero-order valence-corrected chi connectivity index (χ0v) is 21.2. The highest BCUT2D eigenvalue weighted by molar-refractivity contribution is 6.19. The molecule has 1 amide bonds. The molecule has 4 heterocycles. The van der Waals surface area contributed by atoms with Gasteiger partial charge in [-0.25, -0.2) is 0 Å². The molecule has 0 radical (unpaired) electrons. The molecule has 4 atom stereocenters. The molecular weight excluding hydrogens is 484 g/mol. The number of para-hydroxylation sites is 1. The molecule has 5 rings (SSSR count). The van der Waals surface area contributed by atoms with Crippen molar-refractivity contribution in [2.45, 2.75) is 50.7 Å². The maximum Gasteiger partial charge on any atom is 0.240 e. The topological polar surface area (TPSA) is 109 Å². The van der Waals surface area contributed by atoms with E-state index in [0.717, 1.165) is 45.6 Å². The summed E-state index contributed by atoms with van der Waals surface area (Å²) in [5.41, 5.74) is 0.828. The molecule has 0 saturated carbocycles. The Kier molecular flexibility index (Phi) is 7.87. The van der Waals surface area contributed by atoms with Crippen LogP contribution in [0.1, 0.15) is 37.6 Å². The summed E-state index contributed by atoms with van der Waals surface area (Å²) in [5.74, 6) is 1.26. The fraction of sp³-hybridized carbons (Fsp3) is 0.560. The largest absolute Gasteiger partial charge is 0.374 e. The molecule has 2 fully saturated rings. The van der Waals surface area contributed by atoms with E-state index in [-0.39, 0.29) is 18.6 Å². The number of hydrogen-bond acceptors (Lipinski definition) is 8. The lowest BCUT2D eigenvalue weighted by Gasteiger charge is -2.33. The van der Waals surface area contributed by atoms with Crippen molar-refractivity contribution in [3.05, 3.63) is 48.2 Å². The first kappa shape index (κ1) is 25.2. The van der Waals surface area contributed by atoms with E-state index < -0.39 is 11.8 Å². The zero-order chi connectivity index (χ0) is 25.1. The number of amides is 1. The van der Waals surface area contributed by atoms with Crippen molar-refractivity contribution in [1.29, 1.82) is 0 Å². The van der Waals surface area contributed by atoms with Crippen molar-refractivity contribution in [2.75, 3.05) is 32.7 Å². The molecule has 2 N–H and O–H groups in total. The van der Waals surface area contributed by atoms with Gasteiger partial charge in [0.05, 0.1) is 13.1 Å². The van der Waals surface area contributed by atoms with Crippen molar-refractivity contribution in [3.8, 4) is 0 Å². The van der Waals surface area contributed by atoms with Gasteiger partial charge in [0.2, 0.25) is 17.6 Å². The number of nitrogens with one attached hydrogen (secondary N) is 1. The Hall–Kier alpha value is -2.50. The van der Waals surface area contributed by atoms with Crippen LogP contribution in [0.4, 0.5) is 0 Å². The Bertz CT molecular complexity index is 1160. The molecule has 1 aromatic carbocycles. The number of ether oxygens (including phenoxy) is 1. The minimum absolute atomic E-state index is 0.173. The first-order chi connectivity index (χ1) is 17.4. The lowest BCUT2D eigenvalue weighted by Crippen LogP contribution is -2.49. The van der Waals surface area contributed by atoms with Crippen molar-refractivity contribution < 1.29 is 19.2 Å². The number of halogens is 1. The van der Waals surface area contributed by atoms with Crippen LogP contribution in [0.5, 0.6) is 0 Å². The molecule has 2 aromatic heterocycles. The van der Waals surface area contributed by atoms with Crippen molar-refractivity contribution in [1.82, 2.24) is 29.8 Å². The summed E-state index contributed by atoms with van der Waals surface area (Å²) in [6.45, 7) is 6.31. The maximum absolute atomic E-state index is 11.9. The Morgan fingerprint density at radius 3 is 2.78 bits per heavy atom. The van der Waals surface area contributed by atoms with Gasteiger partial charge in [0, 0.05) is 44.4 Å². The Labute approximate surface area is 215 Å². The minimum atomic E-state index is -0.836. The van der Waals surface area contributed by atoms with E-state index in [1.54, 1.807) is 0 Å². The number of benzene rings is 1. The molecule has 2 aliphatic heterocycles. The van der Waals surface area contributed by atoms with Crippen molar-refractivity contribution >= 4 is 28.4 Å². The second-order valence-electron chi connectivity index (χ2n) is 9.74. The fourth-order valence-corrected chi connectivity index (χ4v) is 5.46. The van der Waals surface area contributed by atoms with Crippen molar-refractivity contribution in [3.63, 3.8) is 0 Å². The van der Waals surface area contributed by atoms with E-state index in [2.05, 4.69) is 66.4 Å². The average Bonchev–Trinajstić information content (AvgIpc) is 3.47. The van der Waals surface area contributed by atoms with Crippen molar-refractivity contribution in [2.24, 2.45) is 5.92 Å². The van der Waals surface area contributed by atoms with E-state index in [1.807, 2.05) is 0 Å². The highest BCUT2D eigenvalue weighted by Crippen LogP contribution is 2.36. The first-order valence-electron chi connectivity index (χ1n) is 12.5. The monoisotopic (exact) mass is 516 g/mol. The lowest BCUT2D eigenvalue weighted by molar-refractivity contribution is -0.125. The predicted molar refractivity (Wildman–Crippen MR) is 134 cm³/mol. The van der Waals surface area contributed by atoms with Crippen LogP contribution >= 0.6 is 11.6 Å². The third-order valence-electron chi connectivity index (χ3n) is 6.85. The summed E-state index contributed by atoms with van der Waals surface area (Å²) in [6, 6.07) is 10.5. The Morgan fingerprint density at radius 1 is 1.19 bits per heavy atom. The van der Waals surface area contributed by atoms with Crippen LogP contribution in [-0.2, 0) is 22.6 Å². The third-order valence-corrected chi connectivity index (χ3v) is 7.13. The smallest absolute Gasteiger partial charge is 0.240 e. The molecule has 0 spiro atoms. The quantitative estimate of drug-likeness (QED) is 0.347. The third kappa shape index (κ3) is 6.24. The number of alkyl halides is 1. The highest BCUT2D eigenvalue weighted by Gasteiger charge is 2.33. The average molecular weight is 517 g/mol. The molecule has 2 aliphatic rings. The normalized spacial score (nSPS) is 24.7. The number of carbonyl (C=O) groups is 1. The maximum atomic E-state index is 11.9.